The van der Waals surface area contributed by atoms with Crippen molar-refractivity contribution in [3.63, 3.8) is 0 Å². The van der Waals surface area contributed by atoms with Gasteiger partial charge in [-0.1, -0.05) is 6.08 Å². The molecule has 12 heavy (non-hydrogen) atoms. The number of hydrogen-bond donors (Lipinski definition) is 1. The SMILES string of the molecule is C=CCNC(C)Cc1ccco1. The summed E-state index contributed by atoms with van der Waals surface area (Å²) < 4.78 is 5.22. The summed E-state index contributed by atoms with van der Waals surface area (Å²) >= 11 is 0. The van der Waals surface area contributed by atoms with Crippen molar-refractivity contribution in [3.8, 4) is 0 Å². The second-order valence-electron chi connectivity index (χ2n) is 2.88. The van der Waals surface area contributed by atoms with Crippen LogP contribution in [0.5, 0.6) is 0 Å². The van der Waals surface area contributed by atoms with Gasteiger partial charge in [-0.25, -0.2) is 0 Å². The first-order valence-electron chi connectivity index (χ1n) is 4.19. The summed E-state index contributed by atoms with van der Waals surface area (Å²) in [6.45, 7) is 6.62. The van der Waals surface area contributed by atoms with Crippen LogP contribution < -0.4 is 5.32 Å². The molecule has 0 amide bonds. The van der Waals surface area contributed by atoms with E-state index in [1.165, 1.54) is 0 Å². The molecular formula is C10H15NO. The molecule has 0 aromatic carbocycles. The van der Waals surface area contributed by atoms with Gasteiger partial charge in [0, 0.05) is 19.0 Å². The van der Waals surface area contributed by atoms with Gasteiger partial charge in [-0.05, 0) is 19.1 Å². The summed E-state index contributed by atoms with van der Waals surface area (Å²) in [5.41, 5.74) is 0. The van der Waals surface area contributed by atoms with Crippen LogP contribution in [-0.2, 0) is 6.42 Å². The Kier molecular flexibility index (Phi) is 3.61. The highest BCUT2D eigenvalue weighted by Crippen LogP contribution is 2.03. The molecule has 1 unspecified atom stereocenters. The smallest absolute Gasteiger partial charge is 0.105 e. The maximum Gasteiger partial charge on any atom is 0.105 e. The van der Waals surface area contributed by atoms with E-state index in [-0.39, 0.29) is 0 Å². The van der Waals surface area contributed by atoms with Gasteiger partial charge in [0.15, 0.2) is 0 Å². The fraction of sp³-hybridized carbons (Fsp3) is 0.400. The van der Waals surface area contributed by atoms with Crippen LogP contribution in [-0.4, -0.2) is 12.6 Å². The summed E-state index contributed by atoms with van der Waals surface area (Å²) in [6, 6.07) is 4.34. The molecule has 2 nitrogen and oxygen atoms in total. The van der Waals surface area contributed by atoms with Crippen LogP contribution in [0.25, 0.3) is 0 Å². The van der Waals surface area contributed by atoms with Crippen molar-refractivity contribution in [1.82, 2.24) is 5.32 Å². The molecule has 66 valence electrons. The molecule has 0 aliphatic carbocycles. The monoisotopic (exact) mass is 165 g/mol. The molecular weight excluding hydrogens is 150 g/mol. The first kappa shape index (κ1) is 9.07. The lowest BCUT2D eigenvalue weighted by Gasteiger charge is -2.09. The average Bonchev–Trinajstić information content (AvgIpc) is 2.53. The average molecular weight is 165 g/mol. The molecule has 0 radical (unpaired) electrons. The van der Waals surface area contributed by atoms with E-state index in [1.54, 1.807) is 6.26 Å². The zero-order chi connectivity index (χ0) is 8.81. The van der Waals surface area contributed by atoms with E-state index in [0.717, 1.165) is 18.7 Å². The van der Waals surface area contributed by atoms with E-state index in [9.17, 15) is 0 Å². The van der Waals surface area contributed by atoms with Crippen LogP contribution >= 0.6 is 0 Å². The van der Waals surface area contributed by atoms with E-state index in [2.05, 4.69) is 18.8 Å². The summed E-state index contributed by atoms with van der Waals surface area (Å²) in [5, 5.41) is 3.29. The zero-order valence-corrected chi connectivity index (χ0v) is 7.42. The van der Waals surface area contributed by atoms with Gasteiger partial charge in [0.1, 0.15) is 5.76 Å². The minimum atomic E-state index is 0.439. The maximum absolute atomic E-state index is 5.22. The Labute approximate surface area is 73.3 Å². The molecule has 1 aromatic heterocycles. The third kappa shape index (κ3) is 2.93. The Bertz CT molecular complexity index is 216. The fourth-order valence-electron chi connectivity index (χ4n) is 1.09. The third-order valence-corrected chi connectivity index (χ3v) is 1.70. The van der Waals surface area contributed by atoms with Gasteiger partial charge in [-0.3, -0.25) is 0 Å². The van der Waals surface area contributed by atoms with Crippen molar-refractivity contribution in [2.45, 2.75) is 19.4 Å². The first-order chi connectivity index (χ1) is 5.83. The lowest BCUT2D eigenvalue weighted by Crippen LogP contribution is -2.27. The minimum absolute atomic E-state index is 0.439. The Balaban J connectivity index is 2.26. The van der Waals surface area contributed by atoms with Crippen molar-refractivity contribution in [3.05, 3.63) is 36.8 Å². The lowest BCUT2D eigenvalue weighted by molar-refractivity contribution is 0.466. The molecule has 0 aliphatic rings. The third-order valence-electron chi connectivity index (χ3n) is 1.70. The van der Waals surface area contributed by atoms with E-state index >= 15 is 0 Å². The molecule has 1 N–H and O–H groups in total. The zero-order valence-electron chi connectivity index (χ0n) is 7.42. The van der Waals surface area contributed by atoms with Crippen LogP contribution in [0.2, 0.25) is 0 Å². The first-order valence-corrected chi connectivity index (χ1v) is 4.19. The van der Waals surface area contributed by atoms with Crippen molar-refractivity contribution < 1.29 is 4.42 Å². The van der Waals surface area contributed by atoms with E-state index in [1.807, 2.05) is 18.2 Å². The molecule has 1 atom stereocenters. The van der Waals surface area contributed by atoms with Gasteiger partial charge in [-0.2, -0.15) is 0 Å². The number of rotatable bonds is 5. The Morgan fingerprint density at radius 3 is 3.17 bits per heavy atom. The second-order valence-corrected chi connectivity index (χ2v) is 2.88. The van der Waals surface area contributed by atoms with Gasteiger partial charge >= 0.3 is 0 Å². The lowest BCUT2D eigenvalue weighted by atomic mass is 10.2. The highest BCUT2D eigenvalue weighted by atomic mass is 16.3. The van der Waals surface area contributed by atoms with E-state index < -0.39 is 0 Å². The molecule has 1 rings (SSSR count). The standard InChI is InChI=1S/C10H15NO/c1-3-6-11-9(2)8-10-5-4-7-12-10/h3-5,7,9,11H,1,6,8H2,2H3. The van der Waals surface area contributed by atoms with Crippen molar-refractivity contribution in [1.29, 1.82) is 0 Å². The van der Waals surface area contributed by atoms with Crippen LogP contribution in [0.3, 0.4) is 0 Å². The summed E-state index contributed by atoms with van der Waals surface area (Å²) in [4.78, 5) is 0. The molecule has 0 saturated heterocycles. The molecule has 0 spiro atoms. The molecule has 0 bridgehead atoms. The molecule has 2 heteroatoms. The summed E-state index contributed by atoms with van der Waals surface area (Å²) in [6.07, 6.45) is 4.50. The van der Waals surface area contributed by atoms with Gasteiger partial charge in [0.2, 0.25) is 0 Å². The fourth-order valence-corrected chi connectivity index (χ4v) is 1.09. The van der Waals surface area contributed by atoms with Gasteiger partial charge in [0.05, 0.1) is 6.26 Å². The predicted octanol–water partition coefficient (Wildman–Crippen LogP) is 1.99. The normalized spacial score (nSPS) is 12.8. The predicted molar refractivity (Wildman–Crippen MR) is 50.1 cm³/mol. The number of furan rings is 1. The minimum Gasteiger partial charge on any atom is -0.469 e. The number of hydrogen-bond acceptors (Lipinski definition) is 2. The molecule has 0 saturated carbocycles. The second kappa shape index (κ2) is 4.78. The van der Waals surface area contributed by atoms with Crippen molar-refractivity contribution >= 4 is 0 Å². The van der Waals surface area contributed by atoms with Gasteiger partial charge in [-0.15, -0.1) is 6.58 Å². The van der Waals surface area contributed by atoms with Gasteiger partial charge in [0.25, 0.3) is 0 Å². The molecule has 1 aromatic rings. The maximum atomic E-state index is 5.22. The Morgan fingerprint density at radius 2 is 2.58 bits per heavy atom. The van der Waals surface area contributed by atoms with Gasteiger partial charge < -0.3 is 9.73 Å². The Hall–Kier alpha value is -1.02. The molecule has 0 aliphatic heterocycles. The van der Waals surface area contributed by atoms with Crippen molar-refractivity contribution in [2.24, 2.45) is 0 Å². The topological polar surface area (TPSA) is 25.2 Å². The molecule has 0 fully saturated rings. The number of nitrogens with one attached hydrogen (secondary N) is 1. The largest absolute Gasteiger partial charge is 0.469 e. The van der Waals surface area contributed by atoms with Crippen LogP contribution in [0.1, 0.15) is 12.7 Å². The van der Waals surface area contributed by atoms with Crippen LogP contribution in [0.15, 0.2) is 35.5 Å². The van der Waals surface area contributed by atoms with Crippen LogP contribution in [0.4, 0.5) is 0 Å². The quantitative estimate of drug-likeness (QED) is 0.675. The summed E-state index contributed by atoms with van der Waals surface area (Å²) in [7, 11) is 0. The highest BCUT2D eigenvalue weighted by molar-refractivity contribution is 5.00. The van der Waals surface area contributed by atoms with E-state index in [0.29, 0.717) is 6.04 Å². The van der Waals surface area contributed by atoms with Crippen molar-refractivity contribution in [2.75, 3.05) is 6.54 Å². The highest BCUT2D eigenvalue weighted by Gasteiger charge is 2.02. The molecule has 1 heterocycles. The Morgan fingerprint density at radius 1 is 1.75 bits per heavy atom. The summed E-state index contributed by atoms with van der Waals surface area (Å²) in [5.74, 6) is 1.03. The van der Waals surface area contributed by atoms with Crippen LogP contribution in [0, 0.1) is 0 Å². The van der Waals surface area contributed by atoms with E-state index in [4.69, 9.17) is 4.42 Å².